The van der Waals surface area contributed by atoms with Crippen molar-refractivity contribution < 1.29 is 57.3 Å². The van der Waals surface area contributed by atoms with Crippen LogP contribution in [0.4, 0.5) is 0 Å². The third kappa shape index (κ3) is 32.6. The van der Waals surface area contributed by atoms with E-state index in [1.165, 1.54) is 0 Å². The molecule has 1 amide bonds. The van der Waals surface area contributed by atoms with Crippen LogP contribution in [0.2, 0.25) is 0 Å². The highest BCUT2D eigenvalue weighted by Crippen LogP contribution is 1.86. The normalized spacial score (nSPS) is 11.3. The van der Waals surface area contributed by atoms with Gasteiger partial charge in [-0.3, -0.25) is 4.79 Å². The number of hydrogen-bond acceptors (Lipinski definition) is 12. The Morgan fingerprint density at radius 2 is 0.868 bits per heavy atom. The first-order chi connectivity index (χ1) is 18.5. The molecule has 2 N–H and O–H groups in total. The zero-order valence-electron chi connectivity index (χ0n) is 23.0. The molecule has 0 bridgehead atoms. The number of likely N-dealkylation sites (N-methyl/N-ethyl adjacent to an activating group) is 1. The Morgan fingerprint density at radius 1 is 0.526 bits per heavy atom. The summed E-state index contributed by atoms with van der Waals surface area (Å²) in [4.78, 5) is 23.7. The standard InChI is InChI=1S/C24H48N2O12/c1-26(2)4-6-31-8-10-33-12-14-35-16-18-37-20-19-36-17-15-34-13-11-32-9-7-30-5-3-25-23(27)21-38-22-24(28)29/h3-22H2,1-2H3,(H,25,27)(H,28,29). The molecule has 0 rings (SSSR count). The quantitative estimate of drug-likeness (QED) is 0.0994. The van der Waals surface area contributed by atoms with E-state index in [4.69, 9.17) is 43.0 Å². The Labute approximate surface area is 226 Å². The van der Waals surface area contributed by atoms with Crippen molar-refractivity contribution in [3.05, 3.63) is 0 Å². The lowest BCUT2D eigenvalue weighted by atomic mass is 10.6. The van der Waals surface area contributed by atoms with E-state index >= 15 is 0 Å². The summed E-state index contributed by atoms with van der Waals surface area (Å²) in [6.45, 7) is 8.32. The Bertz CT molecular complexity index is 529. The van der Waals surface area contributed by atoms with Crippen LogP contribution in [-0.4, -0.2) is 168 Å². The molecule has 0 radical (unpaired) electrons. The van der Waals surface area contributed by atoms with Gasteiger partial charge >= 0.3 is 5.97 Å². The molecule has 0 spiro atoms. The highest BCUT2D eigenvalue weighted by atomic mass is 16.6. The highest BCUT2D eigenvalue weighted by molar-refractivity contribution is 5.77. The molecule has 0 aliphatic heterocycles. The van der Waals surface area contributed by atoms with Gasteiger partial charge in [-0.25, -0.2) is 4.79 Å². The van der Waals surface area contributed by atoms with Crippen LogP contribution >= 0.6 is 0 Å². The Balaban J connectivity index is 3.09. The summed E-state index contributed by atoms with van der Waals surface area (Å²) in [5.74, 6) is -1.51. The second-order valence-electron chi connectivity index (χ2n) is 7.94. The minimum Gasteiger partial charge on any atom is -0.480 e. The summed E-state index contributed by atoms with van der Waals surface area (Å²) in [5, 5.41) is 10.9. The number of aliphatic carboxylic acids is 1. The molecule has 0 fully saturated rings. The number of carbonyl (C=O) groups excluding carboxylic acids is 1. The van der Waals surface area contributed by atoms with Crippen LogP contribution in [-0.2, 0) is 52.2 Å². The smallest absolute Gasteiger partial charge is 0.329 e. The largest absolute Gasteiger partial charge is 0.480 e. The molecule has 0 heterocycles. The van der Waals surface area contributed by atoms with Crippen molar-refractivity contribution >= 4 is 11.9 Å². The fraction of sp³-hybridized carbons (Fsp3) is 0.917. The van der Waals surface area contributed by atoms with E-state index < -0.39 is 18.5 Å². The van der Waals surface area contributed by atoms with Gasteiger partial charge in [0.05, 0.1) is 106 Å². The predicted octanol–water partition coefficient (Wildman–Crippen LogP) is -1.10. The Morgan fingerprint density at radius 3 is 1.21 bits per heavy atom. The zero-order valence-corrected chi connectivity index (χ0v) is 23.0. The van der Waals surface area contributed by atoms with Gasteiger partial charge in [0.15, 0.2) is 0 Å². The maximum Gasteiger partial charge on any atom is 0.329 e. The molecule has 0 unspecified atom stereocenters. The van der Waals surface area contributed by atoms with Crippen molar-refractivity contribution in [2.24, 2.45) is 0 Å². The molecule has 0 atom stereocenters. The molecule has 0 aromatic rings. The van der Waals surface area contributed by atoms with Gasteiger partial charge in [0.2, 0.25) is 5.91 Å². The van der Waals surface area contributed by atoms with E-state index in [0.717, 1.165) is 6.54 Å². The van der Waals surface area contributed by atoms with Crippen molar-refractivity contribution in [2.75, 3.05) is 146 Å². The highest BCUT2D eigenvalue weighted by Gasteiger charge is 2.03. The maximum atomic E-state index is 11.3. The maximum absolute atomic E-state index is 11.3. The summed E-state index contributed by atoms with van der Waals surface area (Å²) in [6.07, 6.45) is 0. The number of amides is 1. The summed E-state index contributed by atoms with van der Waals surface area (Å²) in [6, 6.07) is 0. The van der Waals surface area contributed by atoms with Crippen LogP contribution in [0.1, 0.15) is 0 Å². The van der Waals surface area contributed by atoms with Gasteiger partial charge in [0, 0.05) is 13.1 Å². The van der Waals surface area contributed by atoms with Crippen LogP contribution < -0.4 is 5.32 Å². The molecule has 0 saturated carbocycles. The van der Waals surface area contributed by atoms with Crippen LogP contribution in [0.3, 0.4) is 0 Å². The SMILES string of the molecule is CN(C)CCOCCOCCOCCOCCOCCOCCOCCOCCNC(=O)COCC(=O)O. The number of carbonyl (C=O) groups is 2. The van der Waals surface area contributed by atoms with Crippen molar-refractivity contribution in [1.82, 2.24) is 10.2 Å². The number of hydrogen-bond donors (Lipinski definition) is 2. The van der Waals surface area contributed by atoms with Crippen molar-refractivity contribution in [3.8, 4) is 0 Å². The first-order valence-corrected chi connectivity index (χ1v) is 12.8. The van der Waals surface area contributed by atoms with E-state index in [1.807, 2.05) is 14.1 Å². The molecule has 226 valence electrons. The Hall–Kier alpha value is -1.46. The second kappa shape index (κ2) is 30.1. The van der Waals surface area contributed by atoms with Gasteiger partial charge in [-0.2, -0.15) is 0 Å². The lowest BCUT2D eigenvalue weighted by Gasteiger charge is -2.10. The molecular formula is C24H48N2O12. The van der Waals surface area contributed by atoms with E-state index in [9.17, 15) is 9.59 Å². The van der Waals surface area contributed by atoms with E-state index in [1.54, 1.807) is 0 Å². The lowest BCUT2D eigenvalue weighted by Crippen LogP contribution is -2.31. The Kier molecular flexibility index (Phi) is 28.9. The topological polar surface area (TPSA) is 153 Å². The molecule has 38 heavy (non-hydrogen) atoms. The third-order valence-corrected chi connectivity index (χ3v) is 4.31. The van der Waals surface area contributed by atoms with Gasteiger partial charge in [-0.1, -0.05) is 0 Å². The number of carboxylic acids is 1. The zero-order chi connectivity index (χ0) is 27.9. The van der Waals surface area contributed by atoms with Crippen molar-refractivity contribution in [1.29, 1.82) is 0 Å². The third-order valence-electron chi connectivity index (χ3n) is 4.31. The van der Waals surface area contributed by atoms with Gasteiger partial charge in [0.1, 0.15) is 13.2 Å². The first-order valence-electron chi connectivity index (χ1n) is 12.8. The fourth-order valence-electron chi connectivity index (χ4n) is 2.43. The van der Waals surface area contributed by atoms with Crippen LogP contribution in [0, 0.1) is 0 Å². The summed E-state index contributed by atoms with van der Waals surface area (Å²) in [5.41, 5.74) is 0. The van der Waals surface area contributed by atoms with E-state index in [0.29, 0.717) is 112 Å². The van der Waals surface area contributed by atoms with Crippen molar-refractivity contribution in [3.63, 3.8) is 0 Å². The van der Waals surface area contributed by atoms with Crippen LogP contribution in [0.5, 0.6) is 0 Å². The number of carboxylic acid groups (broad SMARTS) is 1. The van der Waals surface area contributed by atoms with Crippen LogP contribution in [0.25, 0.3) is 0 Å². The number of rotatable bonds is 31. The van der Waals surface area contributed by atoms with Crippen molar-refractivity contribution in [2.45, 2.75) is 0 Å². The number of nitrogens with zero attached hydrogens (tertiary/aromatic N) is 1. The summed E-state index contributed by atoms with van der Waals surface area (Å²) < 4.78 is 47.9. The molecule has 14 heteroatoms. The molecule has 14 nitrogen and oxygen atoms in total. The molecule has 0 aliphatic carbocycles. The minimum atomic E-state index is -1.12. The molecule has 0 aliphatic rings. The molecule has 0 saturated heterocycles. The van der Waals surface area contributed by atoms with Gasteiger partial charge in [0.25, 0.3) is 0 Å². The van der Waals surface area contributed by atoms with Crippen LogP contribution in [0.15, 0.2) is 0 Å². The van der Waals surface area contributed by atoms with E-state index in [2.05, 4.69) is 15.0 Å². The fourth-order valence-corrected chi connectivity index (χ4v) is 2.43. The summed E-state index contributed by atoms with van der Waals surface area (Å²) >= 11 is 0. The van der Waals surface area contributed by atoms with Gasteiger partial charge in [-0.15, -0.1) is 0 Å². The van der Waals surface area contributed by atoms with Gasteiger partial charge in [-0.05, 0) is 14.1 Å². The second-order valence-corrected chi connectivity index (χ2v) is 7.94. The summed E-state index contributed by atoms with van der Waals surface area (Å²) in [7, 11) is 4.02. The van der Waals surface area contributed by atoms with Gasteiger partial charge < -0.3 is 58.0 Å². The average Bonchev–Trinajstić information content (AvgIpc) is 2.87. The molecule has 0 aromatic carbocycles. The lowest BCUT2D eigenvalue weighted by molar-refractivity contribution is -0.143. The predicted molar refractivity (Wildman–Crippen MR) is 137 cm³/mol. The minimum absolute atomic E-state index is 0.296. The number of nitrogens with one attached hydrogen (secondary N) is 1. The molecular weight excluding hydrogens is 508 g/mol. The monoisotopic (exact) mass is 556 g/mol. The first kappa shape index (κ1) is 36.5. The van der Waals surface area contributed by atoms with E-state index in [-0.39, 0.29) is 6.61 Å². The average molecular weight is 557 g/mol. The number of ether oxygens (including phenoxy) is 9. The molecule has 0 aromatic heterocycles.